The topological polar surface area (TPSA) is 80.3 Å². The van der Waals surface area contributed by atoms with Crippen molar-refractivity contribution >= 4 is 35.0 Å². The average molecular weight is 502 g/mol. The van der Waals surface area contributed by atoms with Crippen LogP contribution in [0.5, 0.6) is 0 Å². The third-order valence-electron chi connectivity index (χ3n) is 6.17. The van der Waals surface area contributed by atoms with Crippen LogP contribution in [0.25, 0.3) is 0 Å². The number of rotatable bonds is 10. The summed E-state index contributed by atoms with van der Waals surface area (Å²) < 4.78 is 14.6. The molecule has 186 valence electrons. The van der Waals surface area contributed by atoms with Crippen LogP contribution in [0.3, 0.4) is 0 Å². The number of allylic oxidation sites excluding steroid dienone is 1. The van der Waals surface area contributed by atoms with Crippen LogP contribution >= 0.6 is 7.14 Å². The first-order valence-electron chi connectivity index (χ1n) is 12.1. The molecule has 0 saturated heterocycles. The summed E-state index contributed by atoms with van der Waals surface area (Å²) >= 11 is 0. The summed E-state index contributed by atoms with van der Waals surface area (Å²) in [6.45, 7) is 7.87. The second kappa shape index (κ2) is 11.9. The molecule has 0 aliphatic heterocycles. The molecule has 0 aromatic heterocycles. The van der Waals surface area contributed by atoms with E-state index in [2.05, 4.69) is 5.32 Å². The van der Waals surface area contributed by atoms with E-state index in [1.807, 2.05) is 19.1 Å². The molecule has 0 unspecified atom stereocenters. The van der Waals surface area contributed by atoms with Gasteiger partial charge in [-0.3, -0.25) is 14.4 Å². The fourth-order valence-corrected chi connectivity index (χ4v) is 7.00. The van der Waals surface area contributed by atoms with Crippen molar-refractivity contribution in [2.75, 3.05) is 6.54 Å². The van der Waals surface area contributed by atoms with Gasteiger partial charge in [0, 0.05) is 34.4 Å². The van der Waals surface area contributed by atoms with Gasteiger partial charge >= 0.3 is 0 Å². The zero-order valence-electron chi connectivity index (χ0n) is 21.2. The number of hydrogen-bond acceptors (Lipinski definition) is 4. The third kappa shape index (κ3) is 5.63. The lowest BCUT2D eigenvalue weighted by Crippen LogP contribution is -2.24. The Kier molecular flexibility index (Phi) is 8.95. The highest BCUT2D eigenvalue weighted by Crippen LogP contribution is 2.48. The molecule has 1 N–H and O–H groups in total. The molecule has 1 amide bonds. The van der Waals surface area contributed by atoms with E-state index in [-0.39, 0.29) is 17.3 Å². The molecule has 0 atom stereocenters. The predicted molar refractivity (Wildman–Crippen MR) is 146 cm³/mol. The van der Waals surface area contributed by atoms with Crippen molar-refractivity contribution in [2.45, 2.75) is 40.5 Å². The smallest absolute Gasteiger partial charge is 0.244 e. The van der Waals surface area contributed by atoms with Crippen LogP contribution in [0.15, 0.2) is 78.9 Å². The molecule has 0 aliphatic rings. The van der Waals surface area contributed by atoms with E-state index in [1.54, 1.807) is 75.4 Å². The first-order valence-corrected chi connectivity index (χ1v) is 13.8. The van der Waals surface area contributed by atoms with Gasteiger partial charge < -0.3 is 9.88 Å². The first-order chi connectivity index (χ1) is 17.2. The molecule has 0 radical (unpaired) electrons. The van der Waals surface area contributed by atoms with Gasteiger partial charge in [0.15, 0.2) is 5.78 Å². The normalized spacial score (nSPS) is 11.4. The maximum atomic E-state index is 14.6. The number of amides is 1. The number of unbranched alkanes of at least 4 members (excludes halogenated alkanes) is 1. The van der Waals surface area contributed by atoms with Crippen molar-refractivity contribution in [3.8, 4) is 0 Å². The lowest BCUT2D eigenvalue weighted by molar-refractivity contribution is -0.116. The molecule has 3 rings (SSSR count). The van der Waals surface area contributed by atoms with Gasteiger partial charge in [0.25, 0.3) is 0 Å². The minimum atomic E-state index is -3.74. The summed E-state index contributed by atoms with van der Waals surface area (Å²) in [6, 6.07) is 19.3. The Balaban J connectivity index is 2.09. The molecule has 3 aromatic rings. The van der Waals surface area contributed by atoms with Crippen LogP contribution in [0.4, 0.5) is 0 Å². The Morgan fingerprint density at radius 2 is 1.33 bits per heavy atom. The van der Waals surface area contributed by atoms with E-state index in [1.165, 1.54) is 12.2 Å². The molecule has 0 heterocycles. The van der Waals surface area contributed by atoms with E-state index in [0.29, 0.717) is 39.4 Å². The number of carbonyl (C=O) groups is 3. The van der Waals surface area contributed by atoms with E-state index >= 15 is 0 Å². The molecular weight excluding hydrogens is 469 g/mol. The summed E-state index contributed by atoms with van der Waals surface area (Å²) in [6.07, 6.45) is 4.26. The molecule has 0 saturated carbocycles. The number of hydrogen-bond donors (Lipinski definition) is 1. The van der Waals surface area contributed by atoms with Crippen molar-refractivity contribution < 1.29 is 18.9 Å². The lowest BCUT2D eigenvalue weighted by atomic mass is 9.91. The Morgan fingerprint density at radius 1 is 0.806 bits per heavy atom. The number of aryl methyl sites for hydroxylation is 2. The van der Waals surface area contributed by atoms with Gasteiger partial charge in [-0.2, -0.15) is 0 Å². The number of nitrogens with one attached hydrogen (secondary N) is 1. The zero-order chi connectivity index (χ0) is 26.3. The maximum Gasteiger partial charge on any atom is 0.244 e. The minimum absolute atomic E-state index is 0.279. The number of ketones is 1. The largest absolute Gasteiger partial charge is 0.353 e. The van der Waals surface area contributed by atoms with Crippen LogP contribution in [0, 0.1) is 20.8 Å². The quantitative estimate of drug-likeness (QED) is 0.174. The Labute approximate surface area is 213 Å². The van der Waals surface area contributed by atoms with Crippen molar-refractivity contribution in [1.29, 1.82) is 0 Å². The van der Waals surface area contributed by atoms with Gasteiger partial charge in [0.2, 0.25) is 18.6 Å². The fourth-order valence-electron chi connectivity index (χ4n) is 4.39. The SMILES string of the molecule is CCCCNC(=O)/C=C\C(=O)c1c(C)cc(C)c(C(=O)P(=O)(c2ccccc2)c2ccccc2)c1C. The molecule has 0 bridgehead atoms. The summed E-state index contributed by atoms with van der Waals surface area (Å²) in [4.78, 5) is 39.4. The maximum absolute atomic E-state index is 14.6. The van der Waals surface area contributed by atoms with Crippen molar-refractivity contribution in [3.05, 3.63) is 107 Å². The first kappa shape index (κ1) is 27.0. The molecule has 5 nitrogen and oxygen atoms in total. The Morgan fingerprint density at radius 3 is 1.86 bits per heavy atom. The van der Waals surface area contributed by atoms with E-state index in [9.17, 15) is 18.9 Å². The van der Waals surface area contributed by atoms with Gasteiger partial charge in [-0.15, -0.1) is 0 Å². The van der Waals surface area contributed by atoms with Crippen LogP contribution in [-0.4, -0.2) is 23.8 Å². The second-order valence-electron chi connectivity index (χ2n) is 8.81. The summed E-state index contributed by atoms with van der Waals surface area (Å²) in [5.41, 5.74) is 1.92. The molecule has 0 fully saturated rings. The van der Waals surface area contributed by atoms with Crippen LogP contribution in [0.2, 0.25) is 0 Å². The summed E-state index contributed by atoms with van der Waals surface area (Å²) in [7, 11) is -3.74. The van der Waals surface area contributed by atoms with E-state index in [4.69, 9.17) is 0 Å². The van der Waals surface area contributed by atoms with Crippen molar-refractivity contribution in [2.24, 2.45) is 0 Å². The van der Waals surface area contributed by atoms with Gasteiger partial charge in [0.1, 0.15) is 0 Å². The highest BCUT2D eigenvalue weighted by Gasteiger charge is 2.38. The van der Waals surface area contributed by atoms with Crippen molar-refractivity contribution in [1.82, 2.24) is 5.32 Å². The number of carbonyl (C=O) groups excluding carboxylic acids is 3. The van der Waals surface area contributed by atoms with Crippen LogP contribution in [-0.2, 0) is 9.36 Å². The predicted octanol–water partition coefficient (Wildman–Crippen LogP) is 5.42. The molecular formula is C30H32NO4P. The monoisotopic (exact) mass is 501 g/mol. The molecule has 6 heteroatoms. The highest BCUT2D eigenvalue weighted by atomic mass is 31.2. The second-order valence-corrected chi connectivity index (χ2v) is 11.5. The lowest BCUT2D eigenvalue weighted by Gasteiger charge is -2.22. The van der Waals surface area contributed by atoms with Crippen LogP contribution < -0.4 is 15.9 Å². The summed E-state index contributed by atoms with van der Waals surface area (Å²) in [5.74, 6) is -0.716. The van der Waals surface area contributed by atoms with E-state index < -0.39 is 12.7 Å². The zero-order valence-corrected chi connectivity index (χ0v) is 22.1. The molecule has 0 aliphatic carbocycles. The Hall–Kier alpha value is -3.56. The highest BCUT2D eigenvalue weighted by molar-refractivity contribution is 7.93. The third-order valence-corrected chi connectivity index (χ3v) is 9.02. The standard InChI is InChI=1S/C30H32NO4P/c1-5-6-19-31-27(33)18-17-26(32)28-21(2)20-22(3)29(23(28)4)30(34)36(35,24-13-9-7-10-14-24)25-15-11-8-12-16-25/h7-18,20H,5-6,19H2,1-4H3,(H,31,33)/b18-17-. The Bertz CT molecular complexity index is 1300. The molecule has 36 heavy (non-hydrogen) atoms. The van der Waals surface area contributed by atoms with Crippen LogP contribution in [0.1, 0.15) is 57.2 Å². The average Bonchev–Trinajstić information content (AvgIpc) is 2.87. The van der Waals surface area contributed by atoms with Crippen molar-refractivity contribution in [3.63, 3.8) is 0 Å². The van der Waals surface area contributed by atoms with Gasteiger partial charge in [-0.25, -0.2) is 0 Å². The van der Waals surface area contributed by atoms with Gasteiger partial charge in [-0.1, -0.05) is 80.1 Å². The molecule has 3 aromatic carbocycles. The summed E-state index contributed by atoms with van der Waals surface area (Å²) in [5, 5.41) is 3.63. The van der Waals surface area contributed by atoms with Gasteiger partial charge in [0.05, 0.1) is 0 Å². The fraction of sp³-hybridized carbons (Fsp3) is 0.233. The number of benzene rings is 3. The van der Waals surface area contributed by atoms with Gasteiger partial charge in [-0.05, 0) is 50.0 Å². The molecule has 0 spiro atoms. The van der Waals surface area contributed by atoms with E-state index in [0.717, 1.165) is 12.8 Å². The minimum Gasteiger partial charge on any atom is -0.353 e.